The Morgan fingerprint density at radius 3 is 2.79 bits per heavy atom. The van der Waals surface area contributed by atoms with Gasteiger partial charge in [-0.15, -0.1) is 5.10 Å². The lowest BCUT2D eigenvalue weighted by atomic mass is 10.1. The van der Waals surface area contributed by atoms with Gasteiger partial charge in [0, 0.05) is 0 Å². The van der Waals surface area contributed by atoms with Crippen molar-refractivity contribution in [1.82, 2.24) is 5.32 Å². The van der Waals surface area contributed by atoms with E-state index in [2.05, 4.69) is 15.5 Å². The van der Waals surface area contributed by atoms with Gasteiger partial charge in [0.25, 0.3) is 0 Å². The summed E-state index contributed by atoms with van der Waals surface area (Å²) >= 11 is 1.07. The van der Waals surface area contributed by atoms with Gasteiger partial charge in [-0.05, 0) is 41.8 Å². The van der Waals surface area contributed by atoms with Crippen molar-refractivity contribution in [2.24, 2.45) is 10.2 Å². The fourth-order valence-corrected chi connectivity index (χ4v) is 3.43. The molecule has 0 radical (unpaired) electrons. The molecule has 0 spiro atoms. The van der Waals surface area contributed by atoms with Gasteiger partial charge < -0.3 is 15.2 Å². The molecule has 1 unspecified atom stereocenters. The first-order valence-electron chi connectivity index (χ1n) is 8.59. The SMILES string of the molecule is Cc1cc(OCc2ccccc2)ccc1C=NN=C1NC(=O)C(CC(=O)O)S1. The van der Waals surface area contributed by atoms with Crippen molar-refractivity contribution >= 4 is 35.0 Å². The number of ether oxygens (including phenoxy) is 1. The fraction of sp³-hybridized carbons (Fsp3) is 0.200. The molecular weight excluding hydrogens is 378 g/mol. The molecule has 1 saturated heterocycles. The highest BCUT2D eigenvalue weighted by atomic mass is 32.2. The number of carbonyl (C=O) groups is 2. The molecule has 144 valence electrons. The number of aryl methyl sites for hydroxylation is 1. The Bertz CT molecular complexity index is 928. The zero-order chi connectivity index (χ0) is 19.9. The first-order chi connectivity index (χ1) is 13.5. The number of aliphatic carboxylic acids is 1. The van der Waals surface area contributed by atoms with Crippen molar-refractivity contribution in [3.05, 3.63) is 65.2 Å². The van der Waals surface area contributed by atoms with Crippen LogP contribution < -0.4 is 10.1 Å². The number of carboxylic acid groups (broad SMARTS) is 1. The van der Waals surface area contributed by atoms with Gasteiger partial charge in [0.05, 0.1) is 12.6 Å². The van der Waals surface area contributed by atoms with E-state index in [1.54, 1.807) is 6.21 Å². The maximum atomic E-state index is 11.7. The van der Waals surface area contributed by atoms with Gasteiger partial charge in [-0.3, -0.25) is 9.59 Å². The van der Waals surface area contributed by atoms with Crippen molar-refractivity contribution in [3.63, 3.8) is 0 Å². The molecule has 1 atom stereocenters. The summed E-state index contributed by atoms with van der Waals surface area (Å²) in [5.74, 6) is -0.625. The summed E-state index contributed by atoms with van der Waals surface area (Å²) in [6, 6.07) is 15.6. The third-order valence-electron chi connectivity index (χ3n) is 3.97. The van der Waals surface area contributed by atoms with E-state index in [0.717, 1.165) is 34.2 Å². The second-order valence-electron chi connectivity index (χ2n) is 6.14. The Morgan fingerprint density at radius 2 is 2.07 bits per heavy atom. The Hall–Kier alpha value is -3.13. The third-order valence-corrected chi connectivity index (χ3v) is 5.04. The van der Waals surface area contributed by atoms with Crippen molar-refractivity contribution in [2.45, 2.75) is 25.2 Å². The molecule has 3 rings (SSSR count). The van der Waals surface area contributed by atoms with Crippen LogP contribution in [0.1, 0.15) is 23.1 Å². The number of hydrogen-bond acceptors (Lipinski definition) is 6. The van der Waals surface area contributed by atoms with E-state index in [9.17, 15) is 9.59 Å². The highest BCUT2D eigenvalue weighted by Crippen LogP contribution is 2.22. The average molecular weight is 397 g/mol. The number of carbonyl (C=O) groups excluding carboxylic acids is 1. The topological polar surface area (TPSA) is 100 Å². The van der Waals surface area contributed by atoms with Gasteiger partial charge >= 0.3 is 5.97 Å². The number of thioether (sulfide) groups is 1. The smallest absolute Gasteiger partial charge is 0.305 e. The second-order valence-corrected chi connectivity index (χ2v) is 7.33. The summed E-state index contributed by atoms with van der Waals surface area (Å²) < 4.78 is 5.80. The van der Waals surface area contributed by atoms with Gasteiger partial charge in [0.2, 0.25) is 5.91 Å². The molecule has 8 heteroatoms. The van der Waals surface area contributed by atoms with E-state index >= 15 is 0 Å². The Labute approximate surface area is 166 Å². The number of rotatable bonds is 7. The zero-order valence-corrected chi connectivity index (χ0v) is 16.0. The van der Waals surface area contributed by atoms with Crippen LogP contribution in [0, 0.1) is 6.92 Å². The Balaban J connectivity index is 1.58. The van der Waals surface area contributed by atoms with Crippen LogP contribution in [0.25, 0.3) is 0 Å². The van der Waals surface area contributed by atoms with Crippen LogP contribution in [0.2, 0.25) is 0 Å². The summed E-state index contributed by atoms with van der Waals surface area (Å²) in [6.45, 7) is 2.44. The largest absolute Gasteiger partial charge is 0.489 e. The van der Waals surface area contributed by atoms with Gasteiger partial charge in [-0.2, -0.15) is 5.10 Å². The predicted octanol–water partition coefficient (Wildman–Crippen LogP) is 2.97. The second kappa shape index (κ2) is 9.18. The minimum Gasteiger partial charge on any atom is -0.489 e. The first kappa shape index (κ1) is 19.6. The number of benzene rings is 2. The van der Waals surface area contributed by atoms with E-state index in [-0.39, 0.29) is 12.3 Å². The summed E-state index contributed by atoms with van der Waals surface area (Å²) in [5, 5.41) is 18.9. The maximum absolute atomic E-state index is 11.7. The number of nitrogens with one attached hydrogen (secondary N) is 1. The number of hydrogen-bond donors (Lipinski definition) is 2. The molecule has 2 N–H and O–H groups in total. The van der Waals surface area contributed by atoms with Gasteiger partial charge in [0.15, 0.2) is 5.17 Å². The van der Waals surface area contributed by atoms with E-state index in [1.165, 1.54) is 0 Å². The van der Waals surface area contributed by atoms with Crippen molar-refractivity contribution in [1.29, 1.82) is 0 Å². The summed E-state index contributed by atoms with van der Waals surface area (Å²) in [6.07, 6.45) is 1.34. The van der Waals surface area contributed by atoms with Crippen LogP contribution in [-0.2, 0) is 16.2 Å². The minimum absolute atomic E-state index is 0.247. The standard InChI is InChI=1S/C20H19N3O4S/c1-13-9-16(27-12-14-5-3-2-4-6-14)8-7-15(13)11-21-23-20-22-19(26)17(28-20)10-18(24)25/h2-9,11,17H,10,12H2,1H3,(H,24,25)(H,22,23,26). The van der Waals surface area contributed by atoms with Gasteiger partial charge in [-0.1, -0.05) is 42.1 Å². The first-order valence-corrected chi connectivity index (χ1v) is 9.47. The number of amidine groups is 1. The molecule has 28 heavy (non-hydrogen) atoms. The third kappa shape index (κ3) is 5.43. The molecule has 0 aromatic heterocycles. The number of carboxylic acids is 1. The van der Waals surface area contributed by atoms with Crippen LogP contribution >= 0.6 is 11.8 Å². The maximum Gasteiger partial charge on any atom is 0.305 e. The molecule has 1 amide bonds. The molecule has 2 aromatic rings. The summed E-state index contributed by atoms with van der Waals surface area (Å²) in [4.78, 5) is 22.4. The molecule has 0 saturated carbocycles. The number of amides is 1. The van der Waals surface area contributed by atoms with E-state index in [4.69, 9.17) is 9.84 Å². The Morgan fingerprint density at radius 1 is 1.29 bits per heavy atom. The molecule has 1 aliphatic heterocycles. The van der Waals surface area contributed by atoms with Crippen LogP contribution in [0.15, 0.2) is 58.7 Å². The van der Waals surface area contributed by atoms with Crippen LogP contribution in [0.5, 0.6) is 5.75 Å². The normalized spacial score (nSPS) is 17.8. The fourth-order valence-electron chi connectivity index (χ4n) is 2.51. The van der Waals surface area contributed by atoms with Crippen molar-refractivity contribution < 1.29 is 19.4 Å². The van der Waals surface area contributed by atoms with E-state index in [1.807, 2.05) is 55.5 Å². The van der Waals surface area contributed by atoms with Gasteiger partial charge in [-0.25, -0.2) is 0 Å². The lowest BCUT2D eigenvalue weighted by molar-refractivity contribution is -0.138. The zero-order valence-electron chi connectivity index (χ0n) is 15.2. The molecular formula is C20H19N3O4S. The monoisotopic (exact) mass is 397 g/mol. The number of nitrogens with zero attached hydrogens (tertiary/aromatic N) is 2. The van der Waals surface area contributed by atoms with Crippen molar-refractivity contribution in [2.75, 3.05) is 0 Å². The quantitative estimate of drug-likeness (QED) is 0.553. The lowest BCUT2D eigenvalue weighted by Gasteiger charge is -2.08. The lowest BCUT2D eigenvalue weighted by Crippen LogP contribution is -2.26. The van der Waals surface area contributed by atoms with E-state index < -0.39 is 11.2 Å². The molecule has 1 aliphatic rings. The van der Waals surface area contributed by atoms with Crippen molar-refractivity contribution in [3.8, 4) is 5.75 Å². The molecule has 0 bridgehead atoms. The molecule has 7 nitrogen and oxygen atoms in total. The highest BCUT2D eigenvalue weighted by Gasteiger charge is 2.32. The molecule has 2 aromatic carbocycles. The summed E-state index contributed by atoms with van der Waals surface area (Å²) in [7, 11) is 0. The molecule has 1 heterocycles. The molecule has 1 fully saturated rings. The minimum atomic E-state index is -1.03. The highest BCUT2D eigenvalue weighted by molar-refractivity contribution is 8.15. The van der Waals surface area contributed by atoms with Crippen LogP contribution in [0.4, 0.5) is 0 Å². The van der Waals surface area contributed by atoms with Gasteiger partial charge in [0.1, 0.15) is 17.6 Å². The van der Waals surface area contributed by atoms with Crippen LogP contribution in [-0.4, -0.2) is 33.6 Å². The molecule has 0 aliphatic carbocycles. The van der Waals surface area contributed by atoms with Crippen LogP contribution in [0.3, 0.4) is 0 Å². The van der Waals surface area contributed by atoms with E-state index in [0.29, 0.717) is 11.8 Å². The predicted molar refractivity (Wildman–Crippen MR) is 109 cm³/mol. The summed E-state index contributed by atoms with van der Waals surface area (Å²) in [5.41, 5.74) is 2.94. The average Bonchev–Trinajstić information content (AvgIpc) is 3.01. The Kier molecular flexibility index (Phi) is 6.44.